The molecule has 0 amide bonds. The molecule has 2 aromatic carbocycles. The van der Waals surface area contributed by atoms with Gasteiger partial charge in [-0.3, -0.25) is 0 Å². The van der Waals surface area contributed by atoms with Gasteiger partial charge < -0.3 is 0 Å². The second-order valence-corrected chi connectivity index (χ2v) is 8.05. The van der Waals surface area contributed by atoms with Crippen LogP contribution in [-0.2, 0) is 13.4 Å². The Morgan fingerprint density at radius 2 is 1.63 bits per heavy atom. The molecular formula is C26H32N+. The van der Waals surface area contributed by atoms with Crippen LogP contribution < -0.4 is 4.57 Å². The van der Waals surface area contributed by atoms with Crippen LogP contribution >= 0.6 is 0 Å². The Morgan fingerprint density at radius 3 is 2.30 bits per heavy atom. The molecule has 0 saturated heterocycles. The van der Waals surface area contributed by atoms with E-state index in [9.17, 15) is 0 Å². The van der Waals surface area contributed by atoms with Gasteiger partial charge in [0.1, 0.15) is 7.05 Å². The van der Waals surface area contributed by atoms with E-state index in [1.54, 1.807) is 50.6 Å². The highest BCUT2D eigenvalue weighted by atomic mass is 14.9. The fourth-order valence-electron chi connectivity index (χ4n) is 3.29. The molecule has 0 unspecified atom stereocenters. The Hall–Kier alpha value is -2.41. The predicted molar refractivity (Wildman–Crippen MR) is 116 cm³/mol. The maximum absolute atomic E-state index is 8.62. The first-order valence-corrected chi connectivity index (χ1v) is 9.11. The van der Waals surface area contributed by atoms with Gasteiger partial charge in [-0.25, -0.2) is 4.57 Å². The minimum absolute atomic E-state index is 0.0365. The second kappa shape index (κ2) is 7.31. The van der Waals surface area contributed by atoms with Crippen molar-refractivity contribution in [2.45, 2.75) is 47.8 Å². The van der Waals surface area contributed by atoms with Gasteiger partial charge in [-0.2, -0.15) is 0 Å². The summed E-state index contributed by atoms with van der Waals surface area (Å²) in [5, 5.41) is 0. The van der Waals surface area contributed by atoms with Crippen LogP contribution in [0.4, 0.5) is 0 Å². The molecule has 0 radical (unpaired) electrons. The van der Waals surface area contributed by atoms with Crippen LogP contribution in [0, 0.1) is 26.0 Å². The van der Waals surface area contributed by atoms with Gasteiger partial charge in [0, 0.05) is 28.2 Å². The average Bonchev–Trinajstić information content (AvgIpc) is 2.71. The van der Waals surface area contributed by atoms with Crippen molar-refractivity contribution in [3.8, 4) is 22.4 Å². The van der Waals surface area contributed by atoms with E-state index in [-0.39, 0.29) is 22.3 Å². The maximum atomic E-state index is 8.62. The van der Waals surface area contributed by atoms with Gasteiger partial charge in [-0.15, -0.1) is 0 Å². The van der Waals surface area contributed by atoms with Crippen molar-refractivity contribution in [2.75, 3.05) is 0 Å². The molecule has 0 aliphatic heterocycles. The van der Waals surface area contributed by atoms with E-state index in [0.717, 1.165) is 16.8 Å². The standard InChI is InChI=1S/C26H32N/c1-18-10-8-9-11-23(18)25-15-24(20(3)17-27(25)7)22-13-12-21(14-19(22)2)16-26(4,5)6/h8-15,17H,16H2,1-7H3/q+1/i2D3,3D3,16D2. The highest BCUT2D eigenvalue weighted by Gasteiger charge is 2.18. The molecule has 0 N–H and O–H groups in total. The zero-order valence-electron chi connectivity index (χ0n) is 24.6. The number of rotatable bonds is 3. The van der Waals surface area contributed by atoms with Gasteiger partial charge in [0.05, 0.1) is 0 Å². The third kappa shape index (κ3) is 4.30. The molecule has 1 aromatic heterocycles. The minimum atomic E-state index is -2.58. The van der Waals surface area contributed by atoms with Crippen LogP contribution in [-0.4, -0.2) is 0 Å². The highest BCUT2D eigenvalue weighted by molar-refractivity contribution is 5.74. The average molecular weight is 367 g/mol. The van der Waals surface area contributed by atoms with Gasteiger partial charge in [0.25, 0.3) is 0 Å². The van der Waals surface area contributed by atoms with Crippen LogP contribution in [0.25, 0.3) is 22.4 Å². The molecule has 1 heterocycles. The quantitative estimate of drug-likeness (QED) is 0.475. The van der Waals surface area contributed by atoms with E-state index < -0.39 is 25.5 Å². The van der Waals surface area contributed by atoms with Crippen molar-refractivity contribution < 1.29 is 15.5 Å². The molecule has 0 spiro atoms. The summed E-state index contributed by atoms with van der Waals surface area (Å²) in [6, 6.07) is 13.9. The molecule has 3 rings (SSSR count). The Kier molecular flexibility index (Phi) is 3.10. The van der Waals surface area contributed by atoms with E-state index in [1.807, 2.05) is 31.2 Å². The minimum Gasteiger partial charge on any atom is -0.201 e. The number of benzene rings is 2. The third-order valence-corrected chi connectivity index (χ3v) is 4.52. The lowest BCUT2D eigenvalue weighted by Crippen LogP contribution is -2.31. The molecular weight excluding hydrogens is 326 g/mol. The largest absolute Gasteiger partial charge is 0.213 e. The lowest BCUT2D eigenvalue weighted by Gasteiger charge is -2.19. The predicted octanol–water partition coefficient (Wildman–Crippen LogP) is 6.36. The summed E-state index contributed by atoms with van der Waals surface area (Å²) >= 11 is 0. The summed E-state index contributed by atoms with van der Waals surface area (Å²) in [5.41, 5.74) is 2.66. The lowest BCUT2D eigenvalue weighted by atomic mass is 9.86. The molecule has 0 aliphatic rings. The first-order valence-electron chi connectivity index (χ1n) is 13.1. The van der Waals surface area contributed by atoms with E-state index in [2.05, 4.69) is 0 Å². The van der Waals surface area contributed by atoms with Gasteiger partial charge in [0.2, 0.25) is 5.69 Å². The summed E-state index contributed by atoms with van der Waals surface area (Å²) in [6.45, 7) is 2.18. The van der Waals surface area contributed by atoms with Crippen molar-refractivity contribution in [2.24, 2.45) is 12.5 Å². The van der Waals surface area contributed by atoms with Crippen molar-refractivity contribution in [1.29, 1.82) is 0 Å². The summed E-state index contributed by atoms with van der Waals surface area (Å²) in [7, 11) is 1.77. The molecule has 0 atom stereocenters. The first-order chi connectivity index (χ1) is 15.9. The van der Waals surface area contributed by atoms with E-state index in [0.29, 0.717) is 5.56 Å². The molecule has 0 saturated carbocycles. The van der Waals surface area contributed by atoms with Crippen LogP contribution in [0.2, 0.25) is 0 Å². The van der Waals surface area contributed by atoms with Gasteiger partial charge in [-0.1, -0.05) is 57.2 Å². The Balaban J connectivity index is 2.40. The zero-order chi connectivity index (χ0) is 26.6. The van der Waals surface area contributed by atoms with Gasteiger partial charge in [-0.05, 0) is 66.3 Å². The highest BCUT2D eigenvalue weighted by Crippen LogP contribution is 2.32. The number of hydrogen-bond donors (Lipinski definition) is 0. The molecule has 27 heavy (non-hydrogen) atoms. The molecule has 140 valence electrons. The van der Waals surface area contributed by atoms with Crippen LogP contribution in [0.15, 0.2) is 54.7 Å². The molecule has 3 aromatic rings. The molecule has 1 nitrogen and oxygen atoms in total. The van der Waals surface area contributed by atoms with E-state index in [1.165, 1.54) is 12.3 Å². The fourth-order valence-corrected chi connectivity index (χ4v) is 3.29. The third-order valence-electron chi connectivity index (χ3n) is 4.52. The molecule has 0 bridgehead atoms. The monoisotopic (exact) mass is 366 g/mol. The summed E-state index contributed by atoms with van der Waals surface area (Å²) in [5.74, 6) is 0. The number of hydrogen-bond acceptors (Lipinski definition) is 0. The smallest absolute Gasteiger partial charge is 0.201 e. The molecule has 1 heteroatoms. The maximum Gasteiger partial charge on any atom is 0.213 e. The van der Waals surface area contributed by atoms with E-state index >= 15 is 0 Å². The Bertz CT molecular complexity index is 1250. The van der Waals surface area contributed by atoms with Crippen molar-refractivity contribution in [1.82, 2.24) is 0 Å². The fraction of sp³-hybridized carbons (Fsp3) is 0.346. The normalized spacial score (nSPS) is 17.5. The Labute approximate surface area is 175 Å². The number of aryl methyl sites for hydroxylation is 4. The first kappa shape index (κ1) is 11.4. The topological polar surface area (TPSA) is 3.88 Å². The van der Waals surface area contributed by atoms with Crippen molar-refractivity contribution >= 4 is 0 Å². The van der Waals surface area contributed by atoms with Crippen molar-refractivity contribution in [3.05, 3.63) is 77.0 Å². The summed E-state index contributed by atoms with van der Waals surface area (Å²) in [4.78, 5) is 0. The van der Waals surface area contributed by atoms with Crippen LogP contribution in [0.3, 0.4) is 0 Å². The number of aromatic nitrogens is 1. The summed E-state index contributed by atoms with van der Waals surface area (Å²) in [6.07, 6.45) is -0.260. The van der Waals surface area contributed by atoms with Crippen molar-refractivity contribution in [3.63, 3.8) is 0 Å². The molecule has 0 fully saturated rings. The van der Waals surface area contributed by atoms with Gasteiger partial charge in [0.15, 0.2) is 6.20 Å². The van der Waals surface area contributed by atoms with Crippen LogP contribution in [0.5, 0.6) is 0 Å². The summed E-state index contributed by atoms with van der Waals surface area (Å²) < 4.78 is 68.0. The number of nitrogens with zero attached hydrogens (tertiary/aromatic N) is 1. The lowest BCUT2D eigenvalue weighted by molar-refractivity contribution is -0.660. The number of pyridine rings is 1. The SMILES string of the molecule is [2H]C([2H])([2H])c1cc(C([2H])([2H])C(C)(C)C)ccc1-c1cc(-c2ccccc2C)[n+](C)cc1C([2H])([2H])[2H]. The molecule has 0 aliphatic carbocycles. The zero-order valence-corrected chi connectivity index (χ0v) is 16.6. The van der Waals surface area contributed by atoms with E-state index in [4.69, 9.17) is 11.0 Å². The Morgan fingerprint density at radius 1 is 0.889 bits per heavy atom. The second-order valence-electron chi connectivity index (χ2n) is 8.05. The van der Waals surface area contributed by atoms with Gasteiger partial charge >= 0.3 is 0 Å². The van der Waals surface area contributed by atoms with Crippen LogP contribution in [0.1, 0.15) is 54.0 Å².